The topological polar surface area (TPSA) is 55.8 Å². The summed E-state index contributed by atoms with van der Waals surface area (Å²) in [4.78, 5) is 27.3. The van der Waals surface area contributed by atoms with Crippen LogP contribution in [0.5, 0.6) is 5.75 Å². The zero-order valence-corrected chi connectivity index (χ0v) is 15.0. The molecule has 0 bridgehead atoms. The second-order valence-electron chi connectivity index (χ2n) is 7.19. The Hall–Kier alpha value is -1.75. The molecule has 2 fully saturated rings. The molecule has 5 nitrogen and oxygen atoms in total. The van der Waals surface area contributed by atoms with Crippen LogP contribution in [0, 0.1) is 5.92 Å². The summed E-state index contributed by atoms with van der Waals surface area (Å²) in [6, 6.07) is 5.05. The van der Waals surface area contributed by atoms with Crippen molar-refractivity contribution in [1.82, 2.24) is 4.90 Å². The molecule has 1 amide bonds. The molecule has 0 aromatic heterocycles. The standard InChI is InChI=1S/C19H22ClNO4/c1-24-19(23)15-9-11-4-2-3-5-14(11)21(15)18(22)17-10-12-8-13(20)6-7-16(12)25-17/h6-8,11,14-15,17H,2-5,9-10H2,1H3. The third-order valence-electron chi connectivity index (χ3n) is 5.79. The maximum atomic E-state index is 13.2. The van der Waals surface area contributed by atoms with Crippen molar-refractivity contribution in [2.75, 3.05) is 7.11 Å². The van der Waals surface area contributed by atoms with Crippen LogP contribution in [0.3, 0.4) is 0 Å². The summed E-state index contributed by atoms with van der Waals surface area (Å²) in [6.07, 6.45) is 4.91. The number of halogens is 1. The Kier molecular flexibility index (Phi) is 4.36. The van der Waals surface area contributed by atoms with Crippen LogP contribution in [-0.2, 0) is 20.7 Å². The molecule has 1 saturated heterocycles. The van der Waals surface area contributed by atoms with Crippen molar-refractivity contribution in [3.05, 3.63) is 28.8 Å². The van der Waals surface area contributed by atoms with E-state index in [4.69, 9.17) is 21.1 Å². The first-order valence-corrected chi connectivity index (χ1v) is 9.31. The van der Waals surface area contributed by atoms with E-state index in [1.165, 1.54) is 13.5 Å². The number of carbonyl (C=O) groups excluding carboxylic acids is 2. The average molecular weight is 364 g/mol. The average Bonchev–Trinajstić information content (AvgIpc) is 3.21. The van der Waals surface area contributed by atoms with Gasteiger partial charge in [0.2, 0.25) is 0 Å². The molecule has 4 unspecified atom stereocenters. The monoisotopic (exact) mass is 363 g/mol. The number of benzene rings is 1. The number of fused-ring (bicyclic) bond motifs is 2. The summed E-state index contributed by atoms with van der Waals surface area (Å²) in [6.45, 7) is 0. The lowest BCUT2D eigenvalue weighted by Gasteiger charge is -2.34. The van der Waals surface area contributed by atoms with E-state index in [-0.39, 0.29) is 17.9 Å². The van der Waals surface area contributed by atoms with E-state index in [0.29, 0.717) is 29.5 Å². The number of amides is 1. The Balaban J connectivity index is 1.58. The molecule has 6 heteroatoms. The lowest BCUT2D eigenvalue weighted by atomic mass is 9.84. The smallest absolute Gasteiger partial charge is 0.328 e. The molecule has 1 aromatic rings. The van der Waals surface area contributed by atoms with Gasteiger partial charge in [-0.1, -0.05) is 24.4 Å². The summed E-state index contributed by atoms with van der Waals surface area (Å²) in [5.41, 5.74) is 0.944. The van der Waals surface area contributed by atoms with Crippen molar-refractivity contribution in [3.63, 3.8) is 0 Å². The van der Waals surface area contributed by atoms with E-state index < -0.39 is 12.1 Å². The van der Waals surface area contributed by atoms with Gasteiger partial charge in [0.25, 0.3) is 5.91 Å². The van der Waals surface area contributed by atoms with E-state index >= 15 is 0 Å². The Morgan fingerprint density at radius 3 is 2.88 bits per heavy atom. The number of methoxy groups -OCH3 is 1. The van der Waals surface area contributed by atoms with Crippen LogP contribution < -0.4 is 4.74 Å². The SMILES string of the molecule is COC(=O)C1CC2CCCCC2N1C(=O)C1Cc2cc(Cl)ccc2O1. The molecule has 4 rings (SSSR count). The largest absolute Gasteiger partial charge is 0.480 e. The zero-order valence-electron chi connectivity index (χ0n) is 14.2. The number of rotatable bonds is 2. The fourth-order valence-corrected chi connectivity index (χ4v) is 4.84. The highest BCUT2D eigenvalue weighted by Gasteiger charge is 2.50. The minimum Gasteiger partial charge on any atom is -0.480 e. The van der Waals surface area contributed by atoms with Crippen LogP contribution in [0.4, 0.5) is 0 Å². The third-order valence-corrected chi connectivity index (χ3v) is 6.02. The number of carbonyl (C=O) groups is 2. The highest BCUT2D eigenvalue weighted by Crippen LogP contribution is 2.41. The number of esters is 1. The van der Waals surface area contributed by atoms with Gasteiger partial charge in [0, 0.05) is 17.5 Å². The molecule has 1 saturated carbocycles. The van der Waals surface area contributed by atoms with Gasteiger partial charge in [-0.25, -0.2) is 4.79 Å². The predicted molar refractivity (Wildman–Crippen MR) is 92.6 cm³/mol. The van der Waals surface area contributed by atoms with Gasteiger partial charge in [-0.2, -0.15) is 0 Å². The molecule has 2 heterocycles. The highest BCUT2D eigenvalue weighted by molar-refractivity contribution is 6.30. The second-order valence-corrected chi connectivity index (χ2v) is 7.63. The van der Waals surface area contributed by atoms with Gasteiger partial charge in [0.1, 0.15) is 11.8 Å². The summed E-state index contributed by atoms with van der Waals surface area (Å²) in [7, 11) is 1.39. The Bertz CT molecular complexity index is 707. The third kappa shape index (κ3) is 2.88. The number of ether oxygens (including phenoxy) is 2. The highest BCUT2D eigenvalue weighted by atomic mass is 35.5. The van der Waals surface area contributed by atoms with Crippen molar-refractivity contribution >= 4 is 23.5 Å². The van der Waals surface area contributed by atoms with Crippen LogP contribution in [-0.4, -0.2) is 42.1 Å². The lowest BCUT2D eigenvalue weighted by Crippen LogP contribution is -2.51. The maximum Gasteiger partial charge on any atom is 0.328 e. The molecule has 0 spiro atoms. The number of likely N-dealkylation sites (tertiary alicyclic amines) is 1. The first-order chi connectivity index (χ1) is 12.1. The minimum atomic E-state index is -0.582. The molecule has 0 radical (unpaired) electrons. The van der Waals surface area contributed by atoms with Gasteiger partial charge in [-0.05, 0) is 48.9 Å². The number of hydrogen-bond donors (Lipinski definition) is 0. The molecular formula is C19H22ClNO4. The molecule has 3 aliphatic rings. The molecule has 2 aliphatic heterocycles. The predicted octanol–water partition coefficient (Wildman–Crippen LogP) is 2.98. The van der Waals surface area contributed by atoms with E-state index in [1.54, 1.807) is 17.0 Å². The second kappa shape index (κ2) is 6.52. The minimum absolute atomic E-state index is 0.0999. The maximum absolute atomic E-state index is 13.2. The Labute approximate surface area is 152 Å². The van der Waals surface area contributed by atoms with E-state index in [9.17, 15) is 9.59 Å². The van der Waals surface area contributed by atoms with Gasteiger partial charge in [0.15, 0.2) is 6.10 Å². The number of nitrogens with zero attached hydrogens (tertiary/aromatic N) is 1. The fourth-order valence-electron chi connectivity index (χ4n) is 4.64. The first kappa shape index (κ1) is 16.7. The molecule has 1 aromatic carbocycles. The van der Waals surface area contributed by atoms with Crippen LogP contribution in [0.1, 0.15) is 37.7 Å². The van der Waals surface area contributed by atoms with Crippen molar-refractivity contribution < 1.29 is 19.1 Å². The summed E-state index contributed by atoms with van der Waals surface area (Å²) in [5.74, 6) is 0.676. The Morgan fingerprint density at radius 2 is 2.08 bits per heavy atom. The van der Waals surface area contributed by atoms with Gasteiger partial charge in [-0.3, -0.25) is 4.79 Å². The van der Waals surface area contributed by atoms with Crippen LogP contribution in [0.2, 0.25) is 5.02 Å². The van der Waals surface area contributed by atoms with E-state index in [0.717, 1.165) is 24.8 Å². The molecule has 25 heavy (non-hydrogen) atoms. The van der Waals surface area contributed by atoms with Gasteiger partial charge >= 0.3 is 5.97 Å². The molecule has 4 atom stereocenters. The van der Waals surface area contributed by atoms with Crippen LogP contribution >= 0.6 is 11.6 Å². The summed E-state index contributed by atoms with van der Waals surface area (Å²) < 4.78 is 10.8. The van der Waals surface area contributed by atoms with Crippen LogP contribution in [0.15, 0.2) is 18.2 Å². The molecule has 0 N–H and O–H groups in total. The molecule has 1 aliphatic carbocycles. The van der Waals surface area contributed by atoms with Gasteiger partial charge < -0.3 is 14.4 Å². The molecular weight excluding hydrogens is 342 g/mol. The van der Waals surface area contributed by atoms with E-state index in [1.807, 2.05) is 6.07 Å². The fraction of sp³-hybridized carbons (Fsp3) is 0.579. The zero-order chi connectivity index (χ0) is 17.6. The summed E-state index contributed by atoms with van der Waals surface area (Å²) >= 11 is 6.04. The van der Waals surface area contributed by atoms with Crippen molar-refractivity contribution in [3.8, 4) is 5.75 Å². The van der Waals surface area contributed by atoms with Gasteiger partial charge in [0.05, 0.1) is 7.11 Å². The quantitative estimate of drug-likeness (QED) is 0.758. The van der Waals surface area contributed by atoms with Crippen molar-refractivity contribution in [1.29, 1.82) is 0 Å². The van der Waals surface area contributed by atoms with Crippen molar-refractivity contribution in [2.24, 2.45) is 5.92 Å². The number of hydrogen-bond acceptors (Lipinski definition) is 4. The van der Waals surface area contributed by atoms with Crippen molar-refractivity contribution in [2.45, 2.75) is 56.7 Å². The van der Waals surface area contributed by atoms with Gasteiger partial charge in [-0.15, -0.1) is 0 Å². The lowest BCUT2D eigenvalue weighted by molar-refractivity contribution is -0.155. The Morgan fingerprint density at radius 1 is 1.28 bits per heavy atom. The van der Waals surface area contributed by atoms with Crippen LogP contribution in [0.25, 0.3) is 0 Å². The van der Waals surface area contributed by atoms with E-state index in [2.05, 4.69) is 0 Å². The molecule has 134 valence electrons. The summed E-state index contributed by atoms with van der Waals surface area (Å²) in [5, 5.41) is 0.636. The first-order valence-electron chi connectivity index (χ1n) is 8.93. The normalized spacial score (nSPS) is 30.4.